The molecule has 8 N–H and O–H groups in total. The van der Waals surface area contributed by atoms with Gasteiger partial charge in [0.15, 0.2) is 0 Å². The standard InChI is InChI=1S/C23H30N4OS.C22H28N4OS.2C21H26N4OS/c1-4-26(5-2)22(28)27-23(15-10-16-24,20-13-7-6-8-14-20)29-21(25-27)19-12-9-11-18(3)17-19;1-4-25(3)21(27)26-22(14-9-15-23,19-12-6-5-7-13-19)28-20(24-26)18-11-8-10-17(2)16-18;2*1-16-9-7-10-17(15-16)19-23-25(20(26)24(2)3)21(27-19,13-8-14-22)18-11-5-4-6-12-18/h6-9,11-14,17H,4-5,10,15-16,24H2,1-3H3;5-8,10-13,16H,4,9,14-15,23H2,1-3H3;2*4-7,9-12,15H,8,13-14,22H2,1-3H3. The van der Waals surface area contributed by atoms with Crippen LogP contribution in [-0.4, -0.2) is 165 Å². The monoisotopic (exact) mass is 1570 g/mol. The van der Waals surface area contributed by atoms with Gasteiger partial charge in [0, 0.05) is 77.1 Å². The van der Waals surface area contributed by atoms with Gasteiger partial charge in [0.05, 0.1) is 0 Å². The molecule has 4 unspecified atom stereocenters. The summed E-state index contributed by atoms with van der Waals surface area (Å²) < 4.78 is 0. The average Bonchev–Trinajstić information content (AvgIpc) is 1.63. The van der Waals surface area contributed by atoms with E-state index in [1.54, 1.807) is 110 Å². The van der Waals surface area contributed by atoms with E-state index in [1.165, 1.54) is 22.3 Å². The quantitative estimate of drug-likeness (QED) is 0.0467. The second-order valence-corrected chi connectivity index (χ2v) is 33.1. The number of hydrazone groups is 4. The molecule has 0 radical (unpaired) electrons. The topological polar surface area (TPSA) is 248 Å². The van der Waals surface area contributed by atoms with E-state index in [-0.39, 0.29) is 24.1 Å². The highest BCUT2D eigenvalue weighted by Crippen LogP contribution is 2.55. The molecule has 12 rings (SSSR count). The molecule has 0 aromatic heterocycles. The second-order valence-electron chi connectivity index (χ2n) is 28.0. The summed E-state index contributed by atoms with van der Waals surface area (Å²) in [5.74, 6) is 0. The third-order valence-electron chi connectivity index (χ3n) is 19.4. The minimum absolute atomic E-state index is 0.0639. The van der Waals surface area contributed by atoms with Crippen LogP contribution in [0.4, 0.5) is 19.2 Å². The van der Waals surface area contributed by atoms with E-state index >= 15 is 0 Å². The minimum atomic E-state index is -0.598. The molecule has 4 atom stereocenters. The van der Waals surface area contributed by atoms with Gasteiger partial charge < -0.3 is 42.5 Å². The van der Waals surface area contributed by atoms with E-state index in [9.17, 15) is 19.2 Å². The number of nitrogens with zero attached hydrogens (tertiary/aromatic N) is 12. The predicted octanol–water partition coefficient (Wildman–Crippen LogP) is 17.1. The van der Waals surface area contributed by atoms with Gasteiger partial charge in [-0.05, 0) is 173 Å². The molecule has 4 heterocycles. The van der Waals surface area contributed by atoms with Crippen LogP contribution < -0.4 is 22.9 Å². The Balaban J connectivity index is 0.000000170. The molecule has 20 nitrogen and oxygen atoms in total. The van der Waals surface area contributed by atoms with Gasteiger partial charge in [-0.1, -0.05) is 263 Å². The number of rotatable bonds is 23. The summed E-state index contributed by atoms with van der Waals surface area (Å²) in [6, 6.07) is 73.2. The van der Waals surface area contributed by atoms with E-state index in [0.717, 1.165) is 116 Å². The van der Waals surface area contributed by atoms with Crippen molar-refractivity contribution in [2.24, 2.45) is 43.3 Å². The van der Waals surface area contributed by atoms with Crippen molar-refractivity contribution in [1.29, 1.82) is 0 Å². The number of hydrogen-bond acceptors (Lipinski definition) is 16. The Bertz CT molecular complexity index is 4390. The minimum Gasteiger partial charge on any atom is -0.330 e. The lowest BCUT2D eigenvalue weighted by atomic mass is 10.0. The number of thioether (sulfide) groups is 4. The molecule has 8 amide bonds. The van der Waals surface area contributed by atoms with Crippen LogP contribution in [-0.2, 0) is 19.5 Å². The fraction of sp³-hybridized carbons (Fsp3) is 0.356. The summed E-state index contributed by atoms with van der Waals surface area (Å²) in [7, 11) is 8.83. The Morgan fingerprint density at radius 2 is 0.559 bits per heavy atom. The summed E-state index contributed by atoms with van der Waals surface area (Å²) in [5.41, 5.74) is 36.5. The maximum atomic E-state index is 13.5. The third kappa shape index (κ3) is 20.2. The van der Waals surface area contributed by atoms with Gasteiger partial charge in [0.2, 0.25) is 0 Å². The number of benzene rings is 8. The van der Waals surface area contributed by atoms with Crippen LogP contribution >= 0.6 is 47.0 Å². The zero-order valence-electron chi connectivity index (χ0n) is 66.3. The normalized spacial score (nSPS) is 18.9. The molecular formula is C87H110N16O4S4. The molecule has 0 fully saturated rings. The number of carbonyl (C=O) groups is 4. The van der Waals surface area contributed by atoms with Crippen molar-refractivity contribution in [2.45, 2.75) is 119 Å². The second kappa shape index (κ2) is 40.3. The van der Waals surface area contributed by atoms with Crippen LogP contribution in [0.1, 0.15) is 139 Å². The number of aryl methyl sites for hydroxylation is 4. The van der Waals surface area contributed by atoms with Gasteiger partial charge >= 0.3 is 24.1 Å². The number of amides is 8. The van der Waals surface area contributed by atoms with Crippen LogP contribution in [0, 0.1) is 27.7 Å². The Morgan fingerprint density at radius 3 is 0.766 bits per heavy atom. The van der Waals surface area contributed by atoms with Crippen molar-refractivity contribution in [3.05, 3.63) is 285 Å². The molecule has 0 bridgehead atoms. The number of carbonyl (C=O) groups excluding carboxylic acids is 4. The van der Waals surface area contributed by atoms with E-state index < -0.39 is 19.5 Å². The number of hydrogen-bond donors (Lipinski definition) is 4. The lowest BCUT2D eigenvalue weighted by Crippen LogP contribution is -2.48. The first-order chi connectivity index (χ1) is 53.5. The van der Waals surface area contributed by atoms with Crippen LogP contribution in [0.5, 0.6) is 0 Å². The predicted molar refractivity (Wildman–Crippen MR) is 464 cm³/mol. The first-order valence-corrected chi connectivity index (χ1v) is 41.4. The molecule has 0 saturated carbocycles. The summed E-state index contributed by atoms with van der Waals surface area (Å²) in [5, 5.41) is 29.4. The average molecular weight is 1570 g/mol. The lowest BCUT2D eigenvalue weighted by molar-refractivity contribution is 0.126. The molecule has 0 spiro atoms. The highest BCUT2D eigenvalue weighted by atomic mass is 32.2. The number of urea groups is 4. The first-order valence-electron chi connectivity index (χ1n) is 38.1. The Labute approximate surface area is 674 Å². The largest absolute Gasteiger partial charge is 0.342 e. The molecule has 4 aliphatic rings. The molecule has 4 aliphatic heterocycles. The van der Waals surface area contributed by atoms with Crippen LogP contribution in [0.25, 0.3) is 0 Å². The maximum absolute atomic E-state index is 13.5. The van der Waals surface area contributed by atoms with Crippen molar-refractivity contribution >= 4 is 91.3 Å². The van der Waals surface area contributed by atoms with Crippen LogP contribution in [0.3, 0.4) is 0 Å². The van der Waals surface area contributed by atoms with Crippen molar-refractivity contribution in [3.63, 3.8) is 0 Å². The van der Waals surface area contributed by atoms with Gasteiger partial charge in [-0.2, -0.15) is 40.4 Å². The lowest BCUT2D eigenvalue weighted by Gasteiger charge is -2.38. The van der Waals surface area contributed by atoms with Gasteiger partial charge in [-0.25, -0.2) is 19.2 Å². The van der Waals surface area contributed by atoms with E-state index in [0.29, 0.717) is 45.8 Å². The highest BCUT2D eigenvalue weighted by Gasteiger charge is 2.53. The van der Waals surface area contributed by atoms with Crippen molar-refractivity contribution < 1.29 is 19.2 Å². The summed E-state index contributed by atoms with van der Waals surface area (Å²) >= 11 is 6.59. The summed E-state index contributed by atoms with van der Waals surface area (Å²) in [4.78, 5) is 57.1. The van der Waals surface area contributed by atoms with Crippen molar-refractivity contribution in [1.82, 2.24) is 39.6 Å². The molecule has 0 saturated heterocycles. The van der Waals surface area contributed by atoms with E-state index in [1.807, 2.05) is 142 Å². The highest BCUT2D eigenvalue weighted by molar-refractivity contribution is 8.16. The van der Waals surface area contributed by atoms with Crippen molar-refractivity contribution in [3.8, 4) is 0 Å². The first kappa shape index (κ1) is 85.8. The number of nitrogens with two attached hydrogens (primary N) is 4. The molecule has 8 aromatic rings. The fourth-order valence-corrected chi connectivity index (χ4v) is 18.9. The van der Waals surface area contributed by atoms with Crippen molar-refractivity contribution in [2.75, 3.05) is 81.1 Å². The summed E-state index contributed by atoms with van der Waals surface area (Å²) in [6.07, 6.45) is 6.15. The van der Waals surface area contributed by atoms with Crippen LogP contribution in [0.15, 0.2) is 239 Å². The zero-order chi connectivity index (χ0) is 79.9. The van der Waals surface area contributed by atoms with Gasteiger partial charge in [0.25, 0.3) is 0 Å². The van der Waals surface area contributed by atoms with E-state index in [2.05, 4.69) is 137 Å². The van der Waals surface area contributed by atoms with Gasteiger partial charge in [-0.3, -0.25) is 0 Å². The Kier molecular flexibility index (Phi) is 31.1. The summed E-state index contributed by atoms with van der Waals surface area (Å²) in [6.45, 7) is 18.4. The fourth-order valence-electron chi connectivity index (χ4n) is 13.3. The SMILES string of the molecule is CCN(C)C(=O)N1N=C(c2cccc(C)c2)SC1(CCCN)c1ccccc1.CCN(CC)C(=O)N1N=C(c2cccc(C)c2)SC1(CCCN)c1ccccc1.Cc1cccc(C2=NN(C(=O)N(C)C)C(CCCN)(c3ccccc3)S2)c1.Cc1cccc(C2=NN(C(=O)N(C)C)C(CCCN)(c3ccccc3)S2)c1. The molecule has 111 heavy (non-hydrogen) atoms. The molecule has 8 aromatic carbocycles. The Hall–Kier alpha value is -9.24. The molecule has 586 valence electrons. The van der Waals surface area contributed by atoms with E-state index in [4.69, 9.17) is 43.3 Å². The zero-order valence-corrected chi connectivity index (χ0v) is 69.6. The maximum Gasteiger partial charge on any atom is 0.342 e. The van der Waals surface area contributed by atoms with Crippen LogP contribution in [0.2, 0.25) is 0 Å². The molecule has 24 heteroatoms. The third-order valence-corrected chi connectivity index (χ3v) is 25.2. The van der Waals surface area contributed by atoms with Gasteiger partial charge in [0.1, 0.15) is 39.7 Å². The molecular weight excluding hydrogens is 1460 g/mol. The molecule has 0 aliphatic carbocycles. The smallest absolute Gasteiger partial charge is 0.330 e. The Morgan fingerprint density at radius 1 is 0.324 bits per heavy atom. The van der Waals surface area contributed by atoms with Gasteiger partial charge in [-0.15, -0.1) is 0 Å².